The Morgan fingerprint density at radius 2 is 2.17 bits per heavy atom. The van der Waals surface area contributed by atoms with Gasteiger partial charge in [-0.3, -0.25) is 9.69 Å². The van der Waals surface area contributed by atoms with Gasteiger partial charge in [0.05, 0.1) is 13.2 Å². The minimum atomic E-state index is -0.123. The highest BCUT2D eigenvalue weighted by Gasteiger charge is 2.31. The van der Waals surface area contributed by atoms with Crippen molar-refractivity contribution < 1.29 is 9.53 Å². The van der Waals surface area contributed by atoms with Crippen molar-refractivity contribution in [1.29, 1.82) is 0 Å². The lowest BCUT2D eigenvalue weighted by molar-refractivity contribution is -0.0169. The zero-order valence-corrected chi connectivity index (χ0v) is 13.8. The van der Waals surface area contributed by atoms with Gasteiger partial charge in [0, 0.05) is 37.6 Å². The average molecular weight is 316 g/mol. The maximum absolute atomic E-state index is 12.4. The van der Waals surface area contributed by atoms with E-state index in [1.165, 1.54) is 0 Å². The van der Waals surface area contributed by atoms with Crippen LogP contribution < -0.4 is 5.32 Å². The number of aromatic nitrogens is 2. The molecule has 0 saturated carbocycles. The summed E-state index contributed by atoms with van der Waals surface area (Å²) < 4.78 is 7.28. The first-order chi connectivity index (χ1) is 11.1. The number of nitrogens with zero attached hydrogens (tertiary/aromatic N) is 3. The van der Waals surface area contributed by atoms with Crippen LogP contribution in [0.4, 0.5) is 0 Å². The Hall–Kier alpha value is -1.92. The van der Waals surface area contributed by atoms with Crippen LogP contribution in [0.2, 0.25) is 0 Å². The van der Waals surface area contributed by atoms with Gasteiger partial charge in [-0.25, -0.2) is 4.98 Å². The van der Waals surface area contributed by atoms with E-state index in [4.69, 9.17) is 4.74 Å². The fraction of sp³-hybridized carbons (Fsp3) is 0.529. The first-order valence-corrected chi connectivity index (χ1v) is 8.17. The number of amides is 1. The van der Waals surface area contributed by atoms with Crippen LogP contribution in [0.1, 0.15) is 30.8 Å². The van der Waals surface area contributed by atoms with E-state index < -0.39 is 0 Å². The van der Waals surface area contributed by atoms with Crippen LogP contribution in [0.5, 0.6) is 0 Å². The van der Waals surface area contributed by atoms with E-state index in [-0.39, 0.29) is 11.4 Å². The first kappa shape index (κ1) is 16.0. The van der Waals surface area contributed by atoms with Gasteiger partial charge >= 0.3 is 0 Å². The second-order valence-electron chi connectivity index (χ2n) is 6.22. The molecule has 124 valence electrons. The summed E-state index contributed by atoms with van der Waals surface area (Å²) >= 11 is 0. The standard InChI is InChI=1S/C17H24N4O2/c1-3-17(2,21-8-10-23-11-9-21)13-18-16(22)14-12-20-7-5-4-6-15(20)19-14/h4-7,12H,3,8-11,13H2,1-2H3,(H,18,22)/t17-/m1/s1. The molecule has 6 heteroatoms. The molecule has 0 bridgehead atoms. The van der Waals surface area contributed by atoms with Crippen LogP contribution in [-0.4, -0.2) is 58.6 Å². The highest BCUT2D eigenvalue weighted by molar-refractivity contribution is 5.92. The second kappa shape index (κ2) is 6.68. The number of rotatable bonds is 5. The Morgan fingerprint density at radius 3 is 2.87 bits per heavy atom. The number of nitrogens with one attached hydrogen (secondary N) is 1. The second-order valence-corrected chi connectivity index (χ2v) is 6.22. The van der Waals surface area contributed by atoms with E-state index in [0.29, 0.717) is 12.2 Å². The molecule has 0 spiro atoms. The molecule has 0 radical (unpaired) electrons. The van der Waals surface area contributed by atoms with E-state index in [0.717, 1.165) is 38.4 Å². The van der Waals surface area contributed by atoms with Crippen LogP contribution in [0.3, 0.4) is 0 Å². The summed E-state index contributed by atoms with van der Waals surface area (Å²) in [6.07, 6.45) is 4.63. The summed E-state index contributed by atoms with van der Waals surface area (Å²) in [5.74, 6) is -0.123. The van der Waals surface area contributed by atoms with Crippen LogP contribution >= 0.6 is 0 Å². The maximum atomic E-state index is 12.4. The van der Waals surface area contributed by atoms with Crippen molar-refractivity contribution in [3.63, 3.8) is 0 Å². The summed E-state index contributed by atoms with van der Waals surface area (Å²) in [5.41, 5.74) is 1.18. The molecule has 1 aliphatic heterocycles. The Morgan fingerprint density at radius 1 is 1.39 bits per heavy atom. The number of morpholine rings is 1. The van der Waals surface area contributed by atoms with Crippen molar-refractivity contribution in [1.82, 2.24) is 19.6 Å². The quantitative estimate of drug-likeness (QED) is 0.909. The summed E-state index contributed by atoms with van der Waals surface area (Å²) in [6, 6.07) is 5.72. The van der Waals surface area contributed by atoms with E-state index in [1.54, 1.807) is 6.20 Å². The van der Waals surface area contributed by atoms with Crippen molar-refractivity contribution in [3.05, 3.63) is 36.3 Å². The molecule has 1 amide bonds. The lowest BCUT2D eigenvalue weighted by atomic mass is 9.95. The van der Waals surface area contributed by atoms with Gasteiger partial charge in [-0.2, -0.15) is 0 Å². The molecule has 0 aliphatic carbocycles. The highest BCUT2D eigenvalue weighted by atomic mass is 16.5. The SMILES string of the molecule is CC[C@](C)(CNC(=O)c1cn2ccccc2n1)N1CCOCC1. The van der Waals surface area contributed by atoms with Crippen LogP contribution in [0, 0.1) is 0 Å². The third-order valence-electron chi connectivity index (χ3n) is 4.76. The van der Waals surface area contributed by atoms with Gasteiger partial charge < -0.3 is 14.5 Å². The summed E-state index contributed by atoms with van der Waals surface area (Å²) in [6.45, 7) is 8.31. The van der Waals surface area contributed by atoms with Crippen molar-refractivity contribution in [2.24, 2.45) is 0 Å². The minimum absolute atomic E-state index is 0.0569. The largest absolute Gasteiger partial charge is 0.379 e. The van der Waals surface area contributed by atoms with Crippen LogP contribution in [0.15, 0.2) is 30.6 Å². The summed E-state index contributed by atoms with van der Waals surface area (Å²) in [4.78, 5) is 19.2. The third kappa shape index (κ3) is 3.38. The summed E-state index contributed by atoms with van der Waals surface area (Å²) in [7, 11) is 0. The lowest BCUT2D eigenvalue weighted by Gasteiger charge is -2.43. The zero-order chi connectivity index (χ0) is 16.3. The molecule has 1 saturated heterocycles. The van der Waals surface area contributed by atoms with Gasteiger partial charge in [-0.15, -0.1) is 0 Å². The predicted molar refractivity (Wildman–Crippen MR) is 88.6 cm³/mol. The van der Waals surface area contributed by atoms with Crippen molar-refractivity contribution in [2.45, 2.75) is 25.8 Å². The monoisotopic (exact) mass is 316 g/mol. The lowest BCUT2D eigenvalue weighted by Crippen LogP contribution is -2.56. The molecular formula is C17H24N4O2. The Labute approximate surface area is 136 Å². The van der Waals surface area contributed by atoms with Gasteiger partial charge in [-0.1, -0.05) is 13.0 Å². The number of ether oxygens (including phenoxy) is 1. The van der Waals surface area contributed by atoms with Gasteiger partial charge in [0.25, 0.3) is 5.91 Å². The number of pyridine rings is 1. The maximum Gasteiger partial charge on any atom is 0.271 e. The molecule has 1 aliphatic rings. The number of carbonyl (C=O) groups is 1. The fourth-order valence-electron chi connectivity index (χ4n) is 2.97. The van der Waals surface area contributed by atoms with E-state index in [1.807, 2.05) is 28.8 Å². The molecule has 3 heterocycles. The molecule has 6 nitrogen and oxygen atoms in total. The van der Waals surface area contributed by atoms with E-state index in [9.17, 15) is 4.79 Å². The fourth-order valence-corrected chi connectivity index (χ4v) is 2.97. The summed E-state index contributed by atoms with van der Waals surface area (Å²) in [5, 5.41) is 3.05. The molecule has 2 aromatic heterocycles. The first-order valence-electron chi connectivity index (χ1n) is 8.17. The molecule has 1 fully saturated rings. The van der Waals surface area contributed by atoms with Crippen molar-refractivity contribution in [2.75, 3.05) is 32.8 Å². The van der Waals surface area contributed by atoms with E-state index in [2.05, 4.69) is 29.0 Å². The number of hydrogen-bond donors (Lipinski definition) is 1. The Bertz CT molecular complexity index is 645. The van der Waals surface area contributed by atoms with Crippen LogP contribution in [-0.2, 0) is 4.74 Å². The average Bonchev–Trinajstić information content (AvgIpc) is 3.04. The number of fused-ring (bicyclic) bond motifs is 1. The molecule has 1 N–H and O–H groups in total. The molecule has 3 rings (SSSR count). The molecule has 23 heavy (non-hydrogen) atoms. The zero-order valence-electron chi connectivity index (χ0n) is 13.8. The number of imidazole rings is 1. The normalized spacial score (nSPS) is 18.7. The Kier molecular flexibility index (Phi) is 4.63. The topological polar surface area (TPSA) is 58.9 Å². The van der Waals surface area contributed by atoms with Gasteiger partial charge in [0.1, 0.15) is 11.3 Å². The molecule has 1 atom stereocenters. The van der Waals surface area contributed by atoms with Crippen LogP contribution in [0.25, 0.3) is 5.65 Å². The van der Waals surface area contributed by atoms with Gasteiger partial charge in [0.15, 0.2) is 0 Å². The number of hydrogen-bond acceptors (Lipinski definition) is 4. The van der Waals surface area contributed by atoms with Gasteiger partial charge in [0.2, 0.25) is 0 Å². The minimum Gasteiger partial charge on any atom is -0.379 e. The van der Waals surface area contributed by atoms with Gasteiger partial charge in [-0.05, 0) is 25.5 Å². The highest BCUT2D eigenvalue weighted by Crippen LogP contribution is 2.20. The molecular weight excluding hydrogens is 292 g/mol. The molecule has 2 aromatic rings. The number of carbonyl (C=O) groups excluding carboxylic acids is 1. The predicted octanol–water partition coefficient (Wildman–Crippen LogP) is 1.56. The van der Waals surface area contributed by atoms with Crippen molar-refractivity contribution >= 4 is 11.6 Å². The molecule has 0 aromatic carbocycles. The van der Waals surface area contributed by atoms with E-state index >= 15 is 0 Å². The molecule has 0 unspecified atom stereocenters. The smallest absolute Gasteiger partial charge is 0.271 e. The third-order valence-corrected chi connectivity index (χ3v) is 4.76. The van der Waals surface area contributed by atoms with Crippen molar-refractivity contribution in [3.8, 4) is 0 Å². The Balaban J connectivity index is 1.66.